The van der Waals surface area contributed by atoms with Gasteiger partial charge in [0, 0.05) is 36.0 Å². The lowest BCUT2D eigenvalue weighted by Gasteiger charge is -2.38. The average molecular weight is 508 g/mol. The molecule has 3 N–H and O–H groups in total. The minimum atomic E-state index is -2.48. The lowest BCUT2D eigenvalue weighted by atomic mass is 9.99. The number of likely N-dealkylation sites (N-methyl/N-ethyl adjacent to an activating group) is 1. The summed E-state index contributed by atoms with van der Waals surface area (Å²) < 4.78 is 43.3. The van der Waals surface area contributed by atoms with Gasteiger partial charge >= 0.3 is 6.03 Å². The zero-order chi connectivity index (χ0) is 25.7. The van der Waals surface area contributed by atoms with Crippen molar-refractivity contribution in [2.45, 2.75) is 26.0 Å². The number of carbonyl (C=O) groups excluding carboxylic acids is 2. The fourth-order valence-corrected chi connectivity index (χ4v) is 3.96. The third-order valence-electron chi connectivity index (χ3n) is 5.73. The van der Waals surface area contributed by atoms with Crippen LogP contribution in [0.2, 0.25) is 0 Å². The highest BCUT2D eigenvalue weighted by Gasteiger charge is 2.34. The molecule has 0 aromatic heterocycles. The predicted molar refractivity (Wildman–Crippen MR) is 128 cm³/mol. The third-order valence-corrected chi connectivity index (χ3v) is 6.39. The molecule has 3 amide bonds. The third kappa shape index (κ3) is 6.54. The van der Waals surface area contributed by atoms with Crippen molar-refractivity contribution in [3.8, 4) is 5.75 Å². The van der Waals surface area contributed by atoms with E-state index < -0.39 is 41.2 Å². The molecule has 0 spiro atoms. The summed E-state index contributed by atoms with van der Waals surface area (Å²) in [6.45, 7) is 3.49. The number of halogens is 1. The number of aliphatic hydroxyl groups is 1. The molecule has 2 aromatic rings. The molecule has 190 valence electrons. The summed E-state index contributed by atoms with van der Waals surface area (Å²) in [5.41, 5.74) is 0.707. The molecule has 3 rings (SSSR count). The van der Waals surface area contributed by atoms with Gasteiger partial charge in [-0.05, 0) is 50.4 Å². The van der Waals surface area contributed by atoms with Crippen LogP contribution >= 0.6 is 0 Å². The van der Waals surface area contributed by atoms with Crippen LogP contribution in [0.15, 0.2) is 42.5 Å². The monoisotopic (exact) mass is 507 g/mol. The Morgan fingerprint density at radius 3 is 2.63 bits per heavy atom. The first kappa shape index (κ1) is 26.5. The number of carbonyl (C=O) groups is 2. The number of rotatable bonds is 7. The van der Waals surface area contributed by atoms with Gasteiger partial charge < -0.3 is 29.9 Å². The van der Waals surface area contributed by atoms with Crippen molar-refractivity contribution in [2.24, 2.45) is 5.92 Å². The molecule has 1 aliphatic heterocycles. The fourth-order valence-electron chi connectivity index (χ4n) is 3.69. The summed E-state index contributed by atoms with van der Waals surface area (Å²) in [6.07, 6.45) is -0.666. The molecule has 0 saturated heterocycles. The molecule has 0 bridgehead atoms. The minimum Gasteiger partial charge on any atom is -0.760 e. The van der Waals surface area contributed by atoms with Gasteiger partial charge in [0.25, 0.3) is 5.91 Å². The highest BCUT2D eigenvalue weighted by atomic mass is 32.2. The Labute approximate surface area is 205 Å². The van der Waals surface area contributed by atoms with E-state index in [0.29, 0.717) is 5.69 Å². The highest BCUT2D eigenvalue weighted by Crippen LogP contribution is 2.35. The Morgan fingerprint density at radius 1 is 1.31 bits per heavy atom. The largest absolute Gasteiger partial charge is 0.760 e. The Bertz CT molecular complexity index is 1090. The molecule has 10 nitrogen and oxygen atoms in total. The molecule has 1 heterocycles. The number of fused-ring (bicyclic) bond motifs is 1. The molecule has 35 heavy (non-hydrogen) atoms. The Morgan fingerprint density at radius 2 is 2.00 bits per heavy atom. The number of nitrogens with one attached hydrogen (secondary N) is 2. The van der Waals surface area contributed by atoms with Crippen LogP contribution in [0.1, 0.15) is 24.2 Å². The SMILES string of the molecule is CC1CN(C(C)CO)C(=O)c2cccc(NC(=O)Nc3ccc(F)cc3)c2OC1CN(C)S(=O)[O-]. The number of hydrogen-bond donors (Lipinski definition) is 3. The maximum Gasteiger partial charge on any atom is 0.323 e. The van der Waals surface area contributed by atoms with E-state index in [-0.39, 0.29) is 42.6 Å². The number of para-hydroxylation sites is 1. The van der Waals surface area contributed by atoms with Crippen LogP contribution in [0.3, 0.4) is 0 Å². The maximum absolute atomic E-state index is 13.4. The van der Waals surface area contributed by atoms with Crippen LogP contribution in [-0.4, -0.2) is 73.9 Å². The van der Waals surface area contributed by atoms with Gasteiger partial charge in [0.15, 0.2) is 5.75 Å². The van der Waals surface area contributed by atoms with E-state index in [1.807, 2.05) is 6.92 Å². The summed E-state index contributed by atoms with van der Waals surface area (Å²) in [7, 11) is 1.40. The second kappa shape index (κ2) is 11.6. The highest BCUT2D eigenvalue weighted by molar-refractivity contribution is 7.76. The number of benzene rings is 2. The van der Waals surface area contributed by atoms with E-state index >= 15 is 0 Å². The van der Waals surface area contributed by atoms with Crippen LogP contribution in [0.25, 0.3) is 0 Å². The zero-order valence-electron chi connectivity index (χ0n) is 19.6. The smallest absolute Gasteiger partial charge is 0.323 e. The number of ether oxygens (including phenoxy) is 1. The van der Waals surface area contributed by atoms with Crippen LogP contribution in [-0.2, 0) is 11.3 Å². The molecule has 12 heteroatoms. The average Bonchev–Trinajstić information content (AvgIpc) is 2.82. The number of anilines is 2. The first-order chi connectivity index (χ1) is 16.6. The normalized spacial score (nSPS) is 19.7. The molecule has 1 aliphatic rings. The summed E-state index contributed by atoms with van der Waals surface area (Å²) in [4.78, 5) is 27.5. The lowest BCUT2D eigenvalue weighted by molar-refractivity contribution is 0.0388. The predicted octanol–water partition coefficient (Wildman–Crippen LogP) is 2.42. The van der Waals surface area contributed by atoms with Gasteiger partial charge in [-0.1, -0.05) is 13.0 Å². The summed E-state index contributed by atoms with van der Waals surface area (Å²) in [6, 6.07) is 8.73. The van der Waals surface area contributed by atoms with Crippen molar-refractivity contribution in [2.75, 3.05) is 37.4 Å². The molecular weight excluding hydrogens is 479 g/mol. The topological polar surface area (TPSA) is 134 Å². The van der Waals surface area contributed by atoms with Crippen LogP contribution < -0.4 is 15.4 Å². The van der Waals surface area contributed by atoms with Crippen LogP contribution in [0.5, 0.6) is 5.75 Å². The van der Waals surface area contributed by atoms with E-state index in [4.69, 9.17) is 4.74 Å². The Hall–Kier alpha value is -3.06. The first-order valence-corrected chi connectivity index (χ1v) is 12.0. The molecular formula is C23H28FN4O6S-. The summed E-state index contributed by atoms with van der Waals surface area (Å²) in [5, 5.41) is 14.9. The van der Waals surface area contributed by atoms with E-state index in [1.54, 1.807) is 25.1 Å². The Kier molecular flexibility index (Phi) is 8.78. The zero-order valence-corrected chi connectivity index (χ0v) is 20.4. The van der Waals surface area contributed by atoms with Gasteiger partial charge in [0.2, 0.25) is 0 Å². The van der Waals surface area contributed by atoms with Gasteiger partial charge in [0.1, 0.15) is 11.9 Å². The molecule has 0 saturated carbocycles. The second-order valence-corrected chi connectivity index (χ2v) is 9.48. The van der Waals surface area contributed by atoms with E-state index in [0.717, 1.165) is 4.31 Å². The summed E-state index contributed by atoms with van der Waals surface area (Å²) in [5.74, 6) is -1.06. The number of hydrogen-bond acceptors (Lipinski definition) is 6. The molecule has 0 radical (unpaired) electrons. The molecule has 0 aliphatic carbocycles. The first-order valence-electron chi connectivity index (χ1n) is 11.0. The van der Waals surface area contributed by atoms with Crippen molar-refractivity contribution in [3.63, 3.8) is 0 Å². The molecule has 0 fully saturated rings. The van der Waals surface area contributed by atoms with Gasteiger partial charge in [-0.25, -0.2) is 13.5 Å². The van der Waals surface area contributed by atoms with E-state index in [2.05, 4.69) is 10.6 Å². The van der Waals surface area contributed by atoms with Crippen LogP contribution in [0, 0.1) is 11.7 Å². The number of nitrogens with zero attached hydrogens (tertiary/aromatic N) is 2. The van der Waals surface area contributed by atoms with Crippen molar-refractivity contribution in [1.29, 1.82) is 0 Å². The van der Waals surface area contributed by atoms with Gasteiger partial charge in [0.05, 0.1) is 23.9 Å². The van der Waals surface area contributed by atoms with E-state index in [9.17, 15) is 27.8 Å². The quantitative estimate of drug-likeness (QED) is 0.493. The lowest BCUT2D eigenvalue weighted by Crippen LogP contribution is -2.50. The van der Waals surface area contributed by atoms with E-state index in [1.165, 1.54) is 36.2 Å². The van der Waals surface area contributed by atoms with Gasteiger partial charge in [-0.3, -0.25) is 9.00 Å². The van der Waals surface area contributed by atoms with Crippen molar-refractivity contribution in [3.05, 3.63) is 53.8 Å². The summed E-state index contributed by atoms with van der Waals surface area (Å²) >= 11 is -2.48. The number of amides is 3. The van der Waals surface area contributed by atoms with Gasteiger partial charge in [-0.2, -0.15) is 0 Å². The van der Waals surface area contributed by atoms with Crippen molar-refractivity contribution < 1.29 is 32.6 Å². The number of aliphatic hydroxyl groups excluding tert-OH is 1. The fraction of sp³-hybridized carbons (Fsp3) is 0.391. The van der Waals surface area contributed by atoms with Gasteiger partial charge in [-0.15, -0.1) is 0 Å². The van der Waals surface area contributed by atoms with Crippen molar-refractivity contribution >= 4 is 34.6 Å². The minimum absolute atomic E-state index is 0.00235. The standard InChI is InChI=1S/C23H29FN4O6S/c1-14-11-28(15(2)13-29)22(30)18-5-4-6-19(21(18)34-20(14)12-27(3)35(32)33)26-23(31)25-17-9-7-16(24)8-10-17/h4-10,14-15,20,29H,11-13H2,1-3H3,(H,32,33)(H2,25,26,31)/p-1. The van der Waals surface area contributed by atoms with Crippen LogP contribution in [0.4, 0.5) is 20.6 Å². The Balaban J connectivity index is 1.97. The maximum atomic E-state index is 13.4. The number of urea groups is 1. The van der Waals surface area contributed by atoms with Crippen molar-refractivity contribution in [1.82, 2.24) is 9.21 Å². The second-order valence-electron chi connectivity index (χ2n) is 8.42. The molecule has 4 unspecified atom stereocenters. The molecule has 2 aromatic carbocycles. The molecule has 4 atom stereocenters.